The standard InChI is InChI=1S/C12H14FN3S/c1-9(16-12(17-2)15-8-14)7-10-3-5-11(13)6-4-10/h3-6,9H,7H2,1-2H3,(H,15,16). The second-order valence-corrected chi connectivity index (χ2v) is 4.35. The van der Waals surface area contributed by atoms with Crippen molar-refractivity contribution >= 4 is 16.9 Å². The Morgan fingerprint density at radius 3 is 2.71 bits per heavy atom. The van der Waals surface area contributed by atoms with Gasteiger partial charge in [-0.1, -0.05) is 23.9 Å². The average molecular weight is 251 g/mol. The maximum atomic E-state index is 12.7. The first-order chi connectivity index (χ1) is 8.15. The molecule has 3 nitrogen and oxygen atoms in total. The predicted octanol–water partition coefficient (Wildman–Crippen LogP) is 2.55. The number of nitrogens with one attached hydrogen (secondary N) is 1. The summed E-state index contributed by atoms with van der Waals surface area (Å²) in [6.45, 7) is 1.96. The second kappa shape index (κ2) is 6.92. The lowest BCUT2D eigenvalue weighted by atomic mass is 10.1. The summed E-state index contributed by atoms with van der Waals surface area (Å²) in [5.41, 5.74) is 1.03. The van der Waals surface area contributed by atoms with Crippen LogP contribution in [0.2, 0.25) is 0 Å². The van der Waals surface area contributed by atoms with Crippen LogP contribution in [0.3, 0.4) is 0 Å². The first kappa shape index (κ1) is 13.5. The molecule has 17 heavy (non-hydrogen) atoms. The number of aliphatic imine (C=N–C) groups is 1. The number of rotatable bonds is 3. The van der Waals surface area contributed by atoms with Gasteiger partial charge in [-0.05, 0) is 37.3 Å². The van der Waals surface area contributed by atoms with Crippen LogP contribution < -0.4 is 5.32 Å². The summed E-state index contributed by atoms with van der Waals surface area (Å²) in [5, 5.41) is 11.6. The number of hydrogen-bond acceptors (Lipinski definition) is 3. The fourth-order valence-corrected chi connectivity index (χ4v) is 1.82. The maximum Gasteiger partial charge on any atom is 0.183 e. The number of hydrogen-bond donors (Lipinski definition) is 1. The lowest BCUT2D eigenvalue weighted by Gasteiger charge is -2.08. The third-order valence-electron chi connectivity index (χ3n) is 2.14. The average Bonchev–Trinajstić information content (AvgIpc) is 2.31. The van der Waals surface area contributed by atoms with E-state index in [1.807, 2.05) is 19.4 Å². The first-order valence-corrected chi connectivity index (χ1v) is 6.39. The van der Waals surface area contributed by atoms with Gasteiger partial charge in [0.1, 0.15) is 5.82 Å². The predicted molar refractivity (Wildman–Crippen MR) is 69.3 cm³/mol. The van der Waals surface area contributed by atoms with Gasteiger partial charge in [-0.3, -0.25) is 10.3 Å². The van der Waals surface area contributed by atoms with Gasteiger partial charge < -0.3 is 0 Å². The highest BCUT2D eigenvalue weighted by atomic mass is 32.2. The van der Waals surface area contributed by atoms with Crippen molar-refractivity contribution in [3.8, 4) is 6.19 Å². The molecule has 1 unspecified atom stereocenters. The molecule has 1 aromatic carbocycles. The molecule has 5 heteroatoms. The fraction of sp³-hybridized carbons (Fsp3) is 0.333. The zero-order valence-electron chi connectivity index (χ0n) is 9.77. The van der Waals surface area contributed by atoms with Crippen molar-refractivity contribution in [2.45, 2.75) is 19.4 Å². The molecule has 1 N–H and O–H groups in total. The summed E-state index contributed by atoms with van der Waals surface area (Å²) in [5.74, 6) is -0.235. The van der Waals surface area contributed by atoms with Crippen LogP contribution in [0, 0.1) is 17.3 Å². The van der Waals surface area contributed by atoms with Gasteiger partial charge in [0.15, 0.2) is 11.4 Å². The second-order valence-electron chi connectivity index (χ2n) is 3.55. The van der Waals surface area contributed by atoms with E-state index in [-0.39, 0.29) is 11.9 Å². The Kier molecular flexibility index (Phi) is 5.50. The Balaban J connectivity index is 2.62. The summed E-state index contributed by atoms with van der Waals surface area (Å²) < 4.78 is 12.7. The molecule has 0 saturated heterocycles. The van der Waals surface area contributed by atoms with Crippen LogP contribution in [-0.4, -0.2) is 17.5 Å². The highest BCUT2D eigenvalue weighted by molar-refractivity contribution is 8.13. The Labute approximate surface area is 105 Å². The molecule has 0 aliphatic heterocycles. The van der Waals surface area contributed by atoms with E-state index in [1.54, 1.807) is 12.1 Å². The molecule has 0 aliphatic rings. The molecule has 0 fully saturated rings. The lowest BCUT2D eigenvalue weighted by Crippen LogP contribution is -2.17. The van der Waals surface area contributed by atoms with Gasteiger partial charge >= 0.3 is 0 Å². The van der Waals surface area contributed by atoms with Gasteiger partial charge in [0.25, 0.3) is 0 Å². The van der Waals surface area contributed by atoms with E-state index >= 15 is 0 Å². The smallest absolute Gasteiger partial charge is 0.183 e. The lowest BCUT2D eigenvalue weighted by molar-refractivity contribution is 0.626. The molecule has 0 bridgehead atoms. The number of amidine groups is 1. The largest absolute Gasteiger partial charge is 0.272 e. The van der Waals surface area contributed by atoms with Crippen LogP contribution in [-0.2, 0) is 6.42 Å². The molecule has 1 rings (SSSR count). The summed E-state index contributed by atoms with van der Waals surface area (Å²) in [7, 11) is 0. The van der Waals surface area contributed by atoms with Crippen molar-refractivity contribution in [1.29, 1.82) is 5.26 Å². The third kappa shape index (κ3) is 4.87. The number of nitrogens with zero attached hydrogens (tertiary/aromatic N) is 2. The van der Waals surface area contributed by atoms with Crippen LogP contribution in [0.5, 0.6) is 0 Å². The van der Waals surface area contributed by atoms with Crippen LogP contribution in [0.1, 0.15) is 12.5 Å². The number of thioether (sulfide) groups is 1. The number of nitriles is 1. The molecule has 1 atom stereocenters. The molecule has 0 aliphatic carbocycles. The first-order valence-electron chi connectivity index (χ1n) is 5.17. The van der Waals surface area contributed by atoms with Crippen molar-refractivity contribution < 1.29 is 4.39 Å². The molecule has 0 aromatic heterocycles. The van der Waals surface area contributed by atoms with E-state index in [0.717, 1.165) is 12.0 Å². The van der Waals surface area contributed by atoms with Crippen molar-refractivity contribution in [3.05, 3.63) is 35.6 Å². The topological polar surface area (TPSA) is 48.2 Å². The summed E-state index contributed by atoms with van der Waals surface area (Å²) in [6.07, 6.45) is 4.42. The van der Waals surface area contributed by atoms with Crippen molar-refractivity contribution in [3.63, 3.8) is 0 Å². The maximum absolute atomic E-state index is 12.7. The molecule has 0 radical (unpaired) electrons. The van der Waals surface area contributed by atoms with Gasteiger partial charge in [0, 0.05) is 0 Å². The Bertz CT molecular complexity index is 422. The van der Waals surface area contributed by atoms with Gasteiger partial charge in [-0.15, -0.1) is 0 Å². The minimum Gasteiger partial charge on any atom is -0.272 e. The molecule has 0 heterocycles. The Morgan fingerprint density at radius 1 is 1.53 bits per heavy atom. The SMILES string of the molecule is CSC(=NC(C)Cc1ccc(F)cc1)NC#N. The fourth-order valence-electron chi connectivity index (χ4n) is 1.39. The van der Waals surface area contributed by atoms with Gasteiger partial charge in [0.2, 0.25) is 0 Å². The molecule has 90 valence electrons. The van der Waals surface area contributed by atoms with E-state index in [1.165, 1.54) is 23.9 Å². The van der Waals surface area contributed by atoms with E-state index in [2.05, 4.69) is 10.3 Å². The van der Waals surface area contributed by atoms with Crippen LogP contribution >= 0.6 is 11.8 Å². The molecule has 1 aromatic rings. The molecular weight excluding hydrogens is 237 g/mol. The minimum absolute atomic E-state index is 0.0451. The zero-order valence-corrected chi connectivity index (χ0v) is 10.6. The number of halogens is 1. The summed E-state index contributed by atoms with van der Waals surface area (Å²) >= 11 is 1.39. The van der Waals surface area contributed by atoms with Crippen molar-refractivity contribution in [1.82, 2.24) is 5.32 Å². The highest BCUT2D eigenvalue weighted by Crippen LogP contribution is 2.09. The van der Waals surface area contributed by atoms with Gasteiger partial charge in [-0.2, -0.15) is 5.26 Å². The normalized spacial score (nSPS) is 12.9. The molecule has 0 saturated carbocycles. The van der Waals surface area contributed by atoms with Gasteiger partial charge in [0.05, 0.1) is 6.04 Å². The molecule has 0 spiro atoms. The minimum atomic E-state index is -0.235. The van der Waals surface area contributed by atoms with E-state index in [0.29, 0.717) is 5.17 Å². The van der Waals surface area contributed by atoms with Crippen LogP contribution in [0.4, 0.5) is 4.39 Å². The highest BCUT2D eigenvalue weighted by Gasteiger charge is 2.04. The number of benzene rings is 1. The summed E-state index contributed by atoms with van der Waals surface area (Å²) in [6, 6.07) is 6.42. The zero-order chi connectivity index (χ0) is 12.7. The van der Waals surface area contributed by atoms with Gasteiger partial charge in [-0.25, -0.2) is 4.39 Å². The third-order valence-corrected chi connectivity index (χ3v) is 2.73. The van der Waals surface area contributed by atoms with E-state index < -0.39 is 0 Å². The van der Waals surface area contributed by atoms with Crippen molar-refractivity contribution in [2.24, 2.45) is 4.99 Å². The molecule has 0 amide bonds. The van der Waals surface area contributed by atoms with Crippen molar-refractivity contribution in [2.75, 3.05) is 6.26 Å². The molecular formula is C12H14FN3S. The quantitative estimate of drug-likeness (QED) is 0.389. The van der Waals surface area contributed by atoms with E-state index in [4.69, 9.17) is 5.26 Å². The monoisotopic (exact) mass is 251 g/mol. The Hall–Kier alpha value is -1.54. The Morgan fingerprint density at radius 2 is 2.18 bits per heavy atom. The summed E-state index contributed by atoms with van der Waals surface area (Å²) in [4.78, 5) is 4.35. The van der Waals surface area contributed by atoms with E-state index in [9.17, 15) is 4.39 Å². The van der Waals surface area contributed by atoms with Crippen LogP contribution in [0.25, 0.3) is 0 Å². The van der Waals surface area contributed by atoms with Crippen LogP contribution in [0.15, 0.2) is 29.3 Å².